The van der Waals surface area contributed by atoms with E-state index in [1.165, 1.54) is 24.3 Å². The predicted molar refractivity (Wildman–Crippen MR) is 60.2 cm³/mol. The number of hydrogen-bond acceptors (Lipinski definition) is 4. The van der Waals surface area contributed by atoms with Crippen molar-refractivity contribution in [1.82, 2.24) is 0 Å². The van der Waals surface area contributed by atoms with E-state index in [0.29, 0.717) is 0 Å². The van der Waals surface area contributed by atoms with E-state index in [9.17, 15) is 13.2 Å². The van der Waals surface area contributed by atoms with Gasteiger partial charge in [0.05, 0.1) is 4.90 Å². The molecule has 0 fully saturated rings. The van der Waals surface area contributed by atoms with Crippen LogP contribution in [0, 0.1) is 0 Å². The summed E-state index contributed by atoms with van der Waals surface area (Å²) in [5.41, 5.74) is 0. The SMILES string of the molecule is CCC(C(=O)Cl)S(=O)(=O)c1ccc(O)cc1. The van der Waals surface area contributed by atoms with E-state index >= 15 is 0 Å². The minimum atomic E-state index is -3.76. The number of rotatable bonds is 4. The van der Waals surface area contributed by atoms with Crippen molar-refractivity contribution in [1.29, 1.82) is 0 Å². The number of carbonyl (C=O) groups is 1. The summed E-state index contributed by atoms with van der Waals surface area (Å²) in [5.74, 6) is -0.0378. The van der Waals surface area contributed by atoms with E-state index in [0.717, 1.165) is 0 Å². The summed E-state index contributed by atoms with van der Waals surface area (Å²) in [6, 6.07) is 4.98. The van der Waals surface area contributed by atoms with Gasteiger partial charge in [0.1, 0.15) is 11.0 Å². The van der Waals surface area contributed by atoms with Gasteiger partial charge in [-0.05, 0) is 42.3 Å². The molecule has 0 saturated carbocycles. The normalized spacial score (nSPS) is 13.4. The van der Waals surface area contributed by atoms with Crippen LogP contribution in [0.4, 0.5) is 0 Å². The van der Waals surface area contributed by atoms with Crippen molar-refractivity contribution in [3.63, 3.8) is 0 Å². The second-order valence-corrected chi connectivity index (χ2v) is 5.74. The van der Waals surface area contributed by atoms with Crippen LogP contribution in [0.15, 0.2) is 29.2 Å². The van der Waals surface area contributed by atoms with Gasteiger partial charge in [0.25, 0.3) is 0 Å². The van der Waals surface area contributed by atoms with Gasteiger partial charge in [0, 0.05) is 0 Å². The van der Waals surface area contributed by atoms with Crippen LogP contribution < -0.4 is 0 Å². The molecule has 1 N–H and O–H groups in total. The van der Waals surface area contributed by atoms with Gasteiger partial charge in [-0.3, -0.25) is 4.79 Å². The van der Waals surface area contributed by atoms with E-state index < -0.39 is 20.3 Å². The molecule has 6 heteroatoms. The minimum Gasteiger partial charge on any atom is -0.508 e. The van der Waals surface area contributed by atoms with Gasteiger partial charge >= 0.3 is 0 Å². The van der Waals surface area contributed by atoms with E-state index in [-0.39, 0.29) is 17.1 Å². The predicted octanol–water partition coefficient (Wildman–Crippen LogP) is 1.71. The first-order valence-corrected chi connectivity index (χ1v) is 6.54. The Bertz CT molecular complexity index is 478. The number of benzene rings is 1. The van der Waals surface area contributed by atoms with Gasteiger partial charge in [0.15, 0.2) is 9.84 Å². The number of sulfone groups is 1. The lowest BCUT2D eigenvalue weighted by molar-refractivity contribution is -0.111. The van der Waals surface area contributed by atoms with Crippen LogP contribution in [0.2, 0.25) is 0 Å². The molecule has 0 amide bonds. The third kappa shape index (κ3) is 2.54. The first kappa shape index (κ1) is 13.0. The first-order valence-electron chi connectivity index (χ1n) is 4.62. The molecule has 16 heavy (non-hydrogen) atoms. The number of halogens is 1. The Kier molecular flexibility index (Phi) is 3.93. The molecule has 0 saturated heterocycles. The average molecular weight is 263 g/mol. The Hall–Kier alpha value is -1.07. The van der Waals surface area contributed by atoms with Crippen LogP contribution in [0.1, 0.15) is 13.3 Å². The zero-order valence-electron chi connectivity index (χ0n) is 8.55. The van der Waals surface area contributed by atoms with Gasteiger partial charge in [-0.2, -0.15) is 0 Å². The highest BCUT2D eigenvalue weighted by molar-refractivity contribution is 7.93. The Labute approximate surface area is 98.8 Å². The molecule has 88 valence electrons. The summed E-state index contributed by atoms with van der Waals surface area (Å²) in [6.07, 6.45) is 0.117. The number of aromatic hydroxyl groups is 1. The molecule has 1 aromatic carbocycles. The topological polar surface area (TPSA) is 71.4 Å². The third-order valence-electron chi connectivity index (χ3n) is 2.16. The fourth-order valence-electron chi connectivity index (χ4n) is 1.30. The molecule has 1 rings (SSSR count). The van der Waals surface area contributed by atoms with Crippen LogP contribution in [0.25, 0.3) is 0 Å². The van der Waals surface area contributed by atoms with Gasteiger partial charge in [-0.25, -0.2) is 8.42 Å². The highest BCUT2D eigenvalue weighted by Crippen LogP contribution is 2.22. The zero-order chi connectivity index (χ0) is 12.3. The lowest BCUT2D eigenvalue weighted by atomic mass is 10.3. The molecule has 0 aliphatic heterocycles. The van der Waals surface area contributed by atoms with Crippen LogP contribution >= 0.6 is 11.6 Å². The fraction of sp³-hybridized carbons (Fsp3) is 0.300. The average Bonchev–Trinajstić information content (AvgIpc) is 2.18. The molecule has 0 radical (unpaired) electrons. The molecule has 4 nitrogen and oxygen atoms in total. The fourth-order valence-corrected chi connectivity index (χ4v) is 3.33. The maximum absolute atomic E-state index is 11.9. The van der Waals surface area contributed by atoms with Gasteiger partial charge in [-0.1, -0.05) is 6.92 Å². The summed E-state index contributed by atoms with van der Waals surface area (Å²) < 4.78 is 23.9. The van der Waals surface area contributed by atoms with Crippen molar-refractivity contribution in [2.45, 2.75) is 23.5 Å². The Morgan fingerprint density at radius 1 is 1.38 bits per heavy atom. The van der Waals surface area contributed by atoms with Crippen LogP contribution in [-0.4, -0.2) is 24.0 Å². The second kappa shape index (κ2) is 4.84. The maximum atomic E-state index is 11.9. The second-order valence-electron chi connectivity index (χ2n) is 3.24. The van der Waals surface area contributed by atoms with Crippen molar-refractivity contribution in [2.75, 3.05) is 0 Å². The van der Waals surface area contributed by atoms with Crippen molar-refractivity contribution in [3.05, 3.63) is 24.3 Å². The molecule has 1 atom stereocenters. The summed E-state index contributed by atoms with van der Waals surface area (Å²) in [5, 5.41) is 6.91. The Morgan fingerprint density at radius 2 is 1.88 bits per heavy atom. The Balaban J connectivity index is 3.20. The van der Waals surface area contributed by atoms with Gasteiger partial charge in [0.2, 0.25) is 5.24 Å². The quantitative estimate of drug-likeness (QED) is 0.839. The summed E-state index contributed by atoms with van der Waals surface area (Å²) >= 11 is 5.24. The molecule has 1 unspecified atom stereocenters. The summed E-state index contributed by atoms with van der Waals surface area (Å²) in [4.78, 5) is 11.0. The van der Waals surface area contributed by atoms with Crippen LogP contribution in [0.5, 0.6) is 5.75 Å². The van der Waals surface area contributed by atoms with Gasteiger partial charge in [-0.15, -0.1) is 0 Å². The number of phenolic OH excluding ortho intramolecular Hbond substituents is 1. The van der Waals surface area contributed by atoms with Crippen molar-refractivity contribution >= 4 is 26.7 Å². The monoisotopic (exact) mass is 262 g/mol. The molecular formula is C10H11ClO4S. The number of phenols is 1. The third-order valence-corrected chi connectivity index (χ3v) is 4.78. The van der Waals surface area contributed by atoms with Crippen molar-refractivity contribution < 1.29 is 18.3 Å². The standard InChI is InChI=1S/C10H11ClO4S/c1-2-9(10(11)13)16(14,15)8-5-3-7(12)4-6-8/h3-6,9,12H,2H2,1H3. The molecule has 0 aromatic heterocycles. The smallest absolute Gasteiger partial charge is 0.240 e. The van der Waals surface area contributed by atoms with Gasteiger partial charge < -0.3 is 5.11 Å². The molecule has 0 heterocycles. The van der Waals surface area contributed by atoms with E-state index in [1.54, 1.807) is 6.92 Å². The zero-order valence-corrected chi connectivity index (χ0v) is 10.1. The van der Waals surface area contributed by atoms with Crippen LogP contribution in [-0.2, 0) is 14.6 Å². The number of hydrogen-bond donors (Lipinski definition) is 1. The highest BCUT2D eigenvalue weighted by atomic mass is 35.5. The molecule has 1 aromatic rings. The van der Waals surface area contributed by atoms with E-state index in [4.69, 9.17) is 16.7 Å². The molecule has 0 aliphatic rings. The summed E-state index contributed by atoms with van der Waals surface area (Å²) in [6.45, 7) is 1.57. The molecular weight excluding hydrogens is 252 g/mol. The highest BCUT2D eigenvalue weighted by Gasteiger charge is 2.31. The minimum absolute atomic E-state index is 0.0221. The maximum Gasteiger partial charge on any atom is 0.240 e. The van der Waals surface area contributed by atoms with Crippen molar-refractivity contribution in [3.8, 4) is 5.75 Å². The Morgan fingerprint density at radius 3 is 2.25 bits per heavy atom. The molecule has 0 spiro atoms. The lowest BCUT2D eigenvalue weighted by Crippen LogP contribution is -2.26. The first-order chi connectivity index (χ1) is 7.39. The largest absolute Gasteiger partial charge is 0.508 e. The summed E-state index contributed by atoms with van der Waals surface area (Å²) in [7, 11) is -3.76. The van der Waals surface area contributed by atoms with Crippen LogP contribution in [0.3, 0.4) is 0 Å². The van der Waals surface area contributed by atoms with Crippen molar-refractivity contribution in [2.24, 2.45) is 0 Å². The number of carbonyl (C=O) groups excluding carboxylic acids is 1. The molecule has 0 bridgehead atoms. The lowest BCUT2D eigenvalue weighted by Gasteiger charge is -2.11. The molecule has 0 aliphatic carbocycles. The van der Waals surface area contributed by atoms with E-state index in [2.05, 4.69) is 0 Å². The van der Waals surface area contributed by atoms with E-state index in [1.807, 2.05) is 0 Å².